The first-order valence-corrected chi connectivity index (χ1v) is 6.85. The number of likely N-dealkylation sites (N-methyl/N-ethyl adjacent to an activating group) is 1. The SMILES string of the molecule is CN1CC(=O)N(CC(=O)OCC(=O)Nc2ccc(F)c(F)c2F)C1=O. The van der Waals surface area contributed by atoms with E-state index in [2.05, 4.69) is 4.74 Å². The van der Waals surface area contributed by atoms with Gasteiger partial charge in [-0.25, -0.2) is 18.0 Å². The van der Waals surface area contributed by atoms with Crippen molar-refractivity contribution in [2.24, 2.45) is 0 Å². The van der Waals surface area contributed by atoms with Crippen molar-refractivity contribution in [2.75, 3.05) is 32.1 Å². The normalized spacial score (nSPS) is 14.1. The maximum atomic E-state index is 13.4. The monoisotopic (exact) mass is 359 g/mol. The molecule has 1 saturated heterocycles. The summed E-state index contributed by atoms with van der Waals surface area (Å²) >= 11 is 0. The Morgan fingerprint density at radius 3 is 2.48 bits per heavy atom. The molecular formula is C14H12F3N3O5. The highest BCUT2D eigenvalue weighted by Gasteiger charge is 2.35. The van der Waals surface area contributed by atoms with E-state index in [1.54, 1.807) is 0 Å². The van der Waals surface area contributed by atoms with E-state index in [9.17, 15) is 32.3 Å². The molecule has 2 rings (SSSR count). The van der Waals surface area contributed by atoms with E-state index in [1.165, 1.54) is 7.05 Å². The molecule has 0 radical (unpaired) electrons. The number of nitrogens with one attached hydrogen (secondary N) is 1. The third kappa shape index (κ3) is 4.05. The van der Waals surface area contributed by atoms with Crippen LogP contribution in [0.15, 0.2) is 12.1 Å². The molecule has 0 aliphatic carbocycles. The lowest BCUT2D eigenvalue weighted by Crippen LogP contribution is -2.37. The quantitative estimate of drug-likeness (QED) is 0.469. The molecule has 1 N–H and O–H groups in total. The Hall–Kier alpha value is -3.11. The number of amides is 4. The van der Waals surface area contributed by atoms with Gasteiger partial charge in [-0.1, -0.05) is 0 Å². The Labute approximate surface area is 139 Å². The number of benzene rings is 1. The van der Waals surface area contributed by atoms with Gasteiger partial charge in [-0.2, -0.15) is 0 Å². The lowest BCUT2D eigenvalue weighted by molar-refractivity contribution is -0.149. The number of esters is 1. The molecule has 0 atom stereocenters. The van der Waals surface area contributed by atoms with E-state index < -0.39 is 60.1 Å². The number of ether oxygens (including phenoxy) is 1. The summed E-state index contributed by atoms with van der Waals surface area (Å²) in [6.07, 6.45) is 0. The van der Waals surface area contributed by atoms with Gasteiger partial charge in [0.1, 0.15) is 13.1 Å². The van der Waals surface area contributed by atoms with Crippen LogP contribution in [0.25, 0.3) is 0 Å². The molecule has 1 aliphatic heterocycles. The molecule has 0 unspecified atom stereocenters. The number of hydrogen-bond donors (Lipinski definition) is 1. The van der Waals surface area contributed by atoms with Gasteiger partial charge < -0.3 is 15.0 Å². The van der Waals surface area contributed by atoms with E-state index in [0.717, 1.165) is 11.0 Å². The van der Waals surface area contributed by atoms with Crippen molar-refractivity contribution in [1.29, 1.82) is 0 Å². The lowest BCUT2D eigenvalue weighted by atomic mass is 10.3. The summed E-state index contributed by atoms with van der Waals surface area (Å²) in [4.78, 5) is 47.9. The van der Waals surface area contributed by atoms with Crippen LogP contribution in [-0.2, 0) is 19.1 Å². The number of anilines is 1. The first kappa shape index (κ1) is 18.2. The highest BCUT2D eigenvalue weighted by molar-refractivity contribution is 6.04. The van der Waals surface area contributed by atoms with E-state index in [4.69, 9.17) is 0 Å². The number of halogens is 3. The molecule has 25 heavy (non-hydrogen) atoms. The topological polar surface area (TPSA) is 96.0 Å². The third-order valence-electron chi connectivity index (χ3n) is 3.19. The van der Waals surface area contributed by atoms with Gasteiger partial charge in [-0.15, -0.1) is 0 Å². The Morgan fingerprint density at radius 2 is 1.88 bits per heavy atom. The zero-order chi connectivity index (χ0) is 18.7. The maximum absolute atomic E-state index is 13.4. The van der Waals surface area contributed by atoms with Gasteiger partial charge in [-0.05, 0) is 12.1 Å². The predicted octanol–water partition coefficient (Wildman–Crippen LogP) is 0.480. The summed E-state index contributed by atoms with van der Waals surface area (Å²) in [6, 6.07) is 0.724. The molecule has 0 aromatic heterocycles. The van der Waals surface area contributed by atoms with Gasteiger partial charge in [0.15, 0.2) is 24.1 Å². The Kier molecular flexibility index (Phi) is 5.25. The second-order valence-electron chi connectivity index (χ2n) is 5.05. The zero-order valence-electron chi connectivity index (χ0n) is 12.8. The third-order valence-corrected chi connectivity index (χ3v) is 3.19. The molecule has 11 heteroatoms. The average Bonchev–Trinajstić information content (AvgIpc) is 2.80. The molecular weight excluding hydrogens is 347 g/mol. The summed E-state index contributed by atoms with van der Waals surface area (Å²) in [5.41, 5.74) is -0.633. The molecule has 1 aliphatic rings. The van der Waals surface area contributed by atoms with Crippen molar-refractivity contribution in [3.05, 3.63) is 29.6 Å². The Morgan fingerprint density at radius 1 is 1.20 bits per heavy atom. The second kappa shape index (κ2) is 7.20. The van der Waals surface area contributed by atoms with Gasteiger partial charge >= 0.3 is 12.0 Å². The van der Waals surface area contributed by atoms with Crippen LogP contribution in [0.2, 0.25) is 0 Å². The van der Waals surface area contributed by atoms with Crippen LogP contribution in [0.1, 0.15) is 0 Å². The van der Waals surface area contributed by atoms with Gasteiger partial charge in [-0.3, -0.25) is 19.3 Å². The summed E-state index contributed by atoms with van der Waals surface area (Å²) in [6.45, 7) is -1.74. The van der Waals surface area contributed by atoms with Crippen molar-refractivity contribution in [1.82, 2.24) is 9.80 Å². The number of nitrogens with zero attached hydrogens (tertiary/aromatic N) is 2. The highest BCUT2D eigenvalue weighted by Crippen LogP contribution is 2.19. The number of carbonyl (C=O) groups is 4. The molecule has 0 saturated carbocycles. The smallest absolute Gasteiger partial charge is 0.327 e. The molecule has 1 aromatic carbocycles. The number of hydrogen-bond acceptors (Lipinski definition) is 5. The van der Waals surface area contributed by atoms with Crippen LogP contribution in [0, 0.1) is 17.5 Å². The minimum atomic E-state index is -1.76. The molecule has 1 fully saturated rings. The Bertz CT molecular complexity index is 755. The first-order valence-electron chi connectivity index (χ1n) is 6.85. The lowest BCUT2D eigenvalue weighted by Gasteiger charge is -2.13. The van der Waals surface area contributed by atoms with E-state index >= 15 is 0 Å². The molecule has 4 amide bonds. The van der Waals surface area contributed by atoms with Crippen LogP contribution < -0.4 is 5.32 Å². The summed E-state index contributed by atoms with van der Waals surface area (Å²) < 4.78 is 43.8. The molecule has 1 aromatic rings. The fraction of sp³-hybridized carbons (Fsp3) is 0.286. The van der Waals surface area contributed by atoms with Crippen LogP contribution in [-0.4, -0.2) is 60.4 Å². The standard InChI is InChI=1S/C14H12F3N3O5/c1-19-4-10(22)20(14(19)24)5-11(23)25-6-9(21)18-8-3-2-7(15)12(16)13(8)17/h2-3H,4-6H2,1H3,(H,18,21). The number of carbonyl (C=O) groups excluding carboxylic acids is 4. The highest BCUT2D eigenvalue weighted by atomic mass is 19.2. The molecule has 8 nitrogen and oxygen atoms in total. The van der Waals surface area contributed by atoms with Crippen molar-refractivity contribution in [2.45, 2.75) is 0 Å². The van der Waals surface area contributed by atoms with Crippen molar-refractivity contribution in [3.63, 3.8) is 0 Å². The molecule has 1 heterocycles. The molecule has 0 spiro atoms. The summed E-state index contributed by atoms with van der Waals surface area (Å²) in [5.74, 6) is -7.45. The maximum Gasteiger partial charge on any atom is 0.327 e. The number of imide groups is 1. The largest absolute Gasteiger partial charge is 0.454 e. The average molecular weight is 359 g/mol. The van der Waals surface area contributed by atoms with Crippen LogP contribution in [0.3, 0.4) is 0 Å². The minimum absolute atomic E-state index is 0.179. The van der Waals surface area contributed by atoms with E-state index in [-0.39, 0.29) is 6.54 Å². The summed E-state index contributed by atoms with van der Waals surface area (Å²) in [5, 5.41) is 1.90. The van der Waals surface area contributed by atoms with E-state index in [0.29, 0.717) is 11.0 Å². The number of rotatable bonds is 5. The fourth-order valence-corrected chi connectivity index (χ4v) is 1.95. The van der Waals surface area contributed by atoms with Crippen LogP contribution in [0.5, 0.6) is 0 Å². The second-order valence-corrected chi connectivity index (χ2v) is 5.05. The fourth-order valence-electron chi connectivity index (χ4n) is 1.95. The van der Waals surface area contributed by atoms with Gasteiger partial charge in [0, 0.05) is 7.05 Å². The van der Waals surface area contributed by atoms with Crippen LogP contribution in [0.4, 0.5) is 23.7 Å². The molecule has 134 valence electrons. The zero-order valence-corrected chi connectivity index (χ0v) is 12.8. The number of urea groups is 1. The summed E-state index contributed by atoms with van der Waals surface area (Å²) in [7, 11) is 1.37. The van der Waals surface area contributed by atoms with Gasteiger partial charge in [0.25, 0.3) is 11.8 Å². The van der Waals surface area contributed by atoms with Crippen molar-refractivity contribution in [3.8, 4) is 0 Å². The van der Waals surface area contributed by atoms with Crippen LogP contribution >= 0.6 is 0 Å². The first-order chi connectivity index (χ1) is 11.7. The molecule has 0 bridgehead atoms. The Balaban J connectivity index is 1.86. The minimum Gasteiger partial charge on any atom is -0.454 e. The van der Waals surface area contributed by atoms with Crippen molar-refractivity contribution < 1.29 is 37.1 Å². The van der Waals surface area contributed by atoms with Crippen molar-refractivity contribution >= 4 is 29.5 Å². The van der Waals surface area contributed by atoms with Gasteiger partial charge in [0.05, 0.1) is 5.69 Å². The van der Waals surface area contributed by atoms with Gasteiger partial charge in [0.2, 0.25) is 0 Å². The van der Waals surface area contributed by atoms with E-state index in [1.807, 2.05) is 5.32 Å². The predicted molar refractivity (Wildman–Crippen MR) is 75.6 cm³/mol.